The van der Waals surface area contributed by atoms with Crippen LogP contribution in [0.1, 0.15) is 26.3 Å². The van der Waals surface area contributed by atoms with E-state index in [2.05, 4.69) is 5.32 Å². The van der Waals surface area contributed by atoms with Gasteiger partial charge in [-0.25, -0.2) is 4.79 Å². The van der Waals surface area contributed by atoms with Gasteiger partial charge in [-0.15, -0.1) is 0 Å². The van der Waals surface area contributed by atoms with Gasteiger partial charge in [-0.2, -0.15) is 0 Å². The first-order valence-corrected chi connectivity index (χ1v) is 8.43. The summed E-state index contributed by atoms with van der Waals surface area (Å²) >= 11 is 0. The maximum Gasteiger partial charge on any atom is 0.335 e. The molecule has 0 aromatic heterocycles. The van der Waals surface area contributed by atoms with Crippen molar-refractivity contribution in [3.8, 4) is 11.5 Å². The van der Waals surface area contributed by atoms with Gasteiger partial charge in [-0.3, -0.25) is 9.59 Å². The normalized spacial score (nSPS) is 10.1. The number of carbonyl (C=O) groups is 3. The average molecular weight is 386 g/mol. The van der Waals surface area contributed by atoms with Gasteiger partial charge in [0.2, 0.25) is 0 Å². The van der Waals surface area contributed by atoms with E-state index in [-0.39, 0.29) is 36.1 Å². The van der Waals surface area contributed by atoms with Gasteiger partial charge in [-0.05, 0) is 35.9 Å². The molecule has 2 rings (SSSR count). The summed E-state index contributed by atoms with van der Waals surface area (Å²) in [5.41, 5.74) is 1.06. The quantitative estimate of drug-likeness (QED) is 0.717. The van der Waals surface area contributed by atoms with Crippen LogP contribution < -0.4 is 14.8 Å². The fourth-order valence-electron chi connectivity index (χ4n) is 2.29. The molecule has 0 fully saturated rings. The lowest BCUT2D eigenvalue weighted by molar-refractivity contribution is -0.130. The van der Waals surface area contributed by atoms with E-state index < -0.39 is 5.97 Å². The Morgan fingerprint density at radius 2 is 1.75 bits per heavy atom. The van der Waals surface area contributed by atoms with Crippen LogP contribution in [0.2, 0.25) is 0 Å². The Hall–Kier alpha value is -3.55. The zero-order chi connectivity index (χ0) is 20.7. The first-order valence-electron chi connectivity index (χ1n) is 8.43. The number of amides is 2. The average Bonchev–Trinajstić information content (AvgIpc) is 2.70. The Labute approximate surface area is 162 Å². The third-order valence-corrected chi connectivity index (χ3v) is 3.90. The molecule has 2 aromatic rings. The number of ether oxygens (including phenoxy) is 2. The molecular formula is C20H22N2O6. The lowest BCUT2D eigenvalue weighted by atomic mass is 10.1. The molecule has 148 valence electrons. The second-order valence-electron chi connectivity index (χ2n) is 6.13. The highest BCUT2D eigenvalue weighted by atomic mass is 16.5. The summed E-state index contributed by atoms with van der Waals surface area (Å²) in [6.45, 7) is 0.1000. The summed E-state index contributed by atoms with van der Waals surface area (Å²) in [6, 6.07) is 10.9. The number of carbonyl (C=O) groups excluding carboxylic acids is 2. The minimum absolute atomic E-state index is 0.0445. The summed E-state index contributed by atoms with van der Waals surface area (Å²) < 4.78 is 10.8. The summed E-state index contributed by atoms with van der Waals surface area (Å²) in [7, 11) is 4.76. The third-order valence-electron chi connectivity index (χ3n) is 3.90. The summed E-state index contributed by atoms with van der Waals surface area (Å²) in [5.74, 6) is -0.809. The maximum atomic E-state index is 12.3. The molecule has 0 saturated carbocycles. The number of hydrogen-bond acceptors (Lipinski definition) is 5. The molecule has 28 heavy (non-hydrogen) atoms. The molecule has 0 heterocycles. The van der Waals surface area contributed by atoms with E-state index in [0.717, 1.165) is 5.56 Å². The summed E-state index contributed by atoms with van der Waals surface area (Å²) in [6.07, 6.45) is 0. The second-order valence-corrected chi connectivity index (χ2v) is 6.13. The SMILES string of the molecule is COc1cc(CNC(=O)c2cccc(C(=O)O)c2)ccc1OCC(=O)N(C)C. The van der Waals surface area contributed by atoms with E-state index in [1.54, 1.807) is 38.4 Å². The molecule has 0 bridgehead atoms. The topological polar surface area (TPSA) is 105 Å². The van der Waals surface area contributed by atoms with E-state index >= 15 is 0 Å². The van der Waals surface area contributed by atoms with Crippen LogP contribution >= 0.6 is 0 Å². The van der Waals surface area contributed by atoms with Gasteiger partial charge in [0.1, 0.15) is 0 Å². The minimum atomic E-state index is -1.09. The molecule has 0 aliphatic carbocycles. The van der Waals surface area contributed by atoms with Gasteiger partial charge < -0.3 is 24.8 Å². The summed E-state index contributed by atoms with van der Waals surface area (Å²) in [4.78, 5) is 36.3. The van der Waals surface area contributed by atoms with E-state index in [9.17, 15) is 14.4 Å². The minimum Gasteiger partial charge on any atom is -0.493 e. The van der Waals surface area contributed by atoms with Crippen molar-refractivity contribution in [1.82, 2.24) is 10.2 Å². The van der Waals surface area contributed by atoms with Crippen LogP contribution in [-0.2, 0) is 11.3 Å². The third kappa shape index (κ3) is 5.47. The van der Waals surface area contributed by atoms with Gasteiger partial charge >= 0.3 is 5.97 Å². The van der Waals surface area contributed by atoms with E-state index in [4.69, 9.17) is 14.6 Å². The van der Waals surface area contributed by atoms with Gasteiger partial charge in [-0.1, -0.05) is 12.1 Å². The lowest BCUT2D eigenvalue weighted by Gasteiger charge is -2.14. The number of hydrogen-bond donors (Lipinski definition) is 2. The fourth-order valence-corrected chi connectivity index (χ4v) is 2.29. The number of benzene rings is 2. The first-order chi connectivity index (χ1) is 13.3. The molecule has 0 radical (unpaired) electrons. The van der Waals surface area contributed by atoms with Crippen molar-refractivity contribution in [1.29, 1.82) is 0 Å². The highest BCUT2D eigenvalue weighted by Crippen LogP contribution is 2.28. The number of aromatic carboxylic acids is 1. The number of methoxy groups -OCH3 is 1. The molecule has 0 spiro atoms. The standard InChI is InChI=1S/C20H22N2O6/c1-22(2)18(23)12-28-16-8-7-13(9-17(16)27-3)11-21-19(24)14-5-4-6-15(10-14)20(25)26/h4-10H,11-12H2,1-3H3,(H,21,24)(H,25,26). The monoisotopic (exact) mass is 386 g/mol. The van der Waals surface area contributed by atoms with Crippen LogP contribution in [0, 0.1) is 0 Å². The van der Waals surface area contributed by atoms with Crippen LogP contribution in [-0.4, -0.2) is 55.6 Å². The number of carboxylic acid groups (broad SMARTS) is 1. The fraction of sp³-hybridized carbons (Fsp3) is 0.250. The number of likely N-dealkylation sites (N-methyl/N-ethyl adjacent to an activating group) is 1. The van der Waals surface area contributed by atoms with Crippen LogP contribution in [0.4, 0.5) is 0 Å². The summed E-state index contributed by atoms with van der Waals surface area (Å²) in [5, 5.41) is 11.7. The number of nitrogens with one attached hydrogen (secondary N) is 1. The number of carboxylic acids is 1. The van der Waals surface area contributed by atoms with Crippen LogP contribution in [0.3, 0.4) is 0 Å². The van der Waals surface area contributed by atoms with Gasteiger partial charge in [0.05, 0.1) is 12.7 Å². The van der Waals surface area contributed by atoms with E-state index in [1.807, 2.05) is 0 Å². The van der Waals surface area contributed by atoms with Crippen molar-refractivity contribution in [3.63, 3.8) is 0 Å². The Balaban J connectivity index is 2.02. The maximum absolute atomic E-state index is 12.3. The Kier molecular flexibility index (Phi) is 6.97. The predicted octanol–water partition coefficient (Wildman–Crippen LogP) is 1.79. The zero-order valence-corrected chi connectivity index (χ0v) is 15.9. The van der Waals surface area contributed by atoms with E-state index in [1.165, 1.54) is 30.2 Å². The molecule has 0 saturated heterocycles. The Morgan fingerprint density at radius 3 is 2.39 bits per heavy atom. The van der Waals surface area contributed by atoms with Crippen LogP contribution in [0.15, 0.2) is 42.5 Å². The highest BCUT2D eigenvalue weighted by molar-refractivity contribution is 5.97. The van der Waals surface area contributed by atoms with Crippen molar-refractivity contribution >= 4 is 17.8 Å². The Bertz CT molecular complexity index is 879. The van der Waals surface area contributed by atoms with Crippen molar-refractivity contribution in [3.05, 3.63) is 59.2 Å². The molecule has 8 nitrogen and oxygen atoms in total. The van der Waals surface area contributed by atoms with Crippen molar-refractivity contribution in [2.45, 2.75) is 6.54 Å². The molecule has 0 unspecified atom stereocenters. The van der Waals surface area contributed by atoms with Crippen LogP contribution in [0.25, 0.3) is 0 Å². The predicted molar refractivity (Wildman–Crippen MR) is 102 cm³/mol. The second kappa shape index (κ2) is 9.40. The van der Waals surface area contributed by atoms with Gasteiger partial charge in [0.15, 0.2) is 18.1 Å². The molecule has 0 aliphatic heterocycles. The molecule has 0 atom stereocenters. The molecule has 2 aromatic carbocycles. The smallest absolute Gasteiger partial charge is 0.335 e. The van der Waals surface area contributed by atoms with Crippen LogP contribution in [0.5, 0.6) is 11.5 Å². The molecule has 0 aliphatic rings. The van der Waals surface area contributed by atoms with Crippen molar-refractivity contribution < 1.29 is 29.0 Å². The van der Waals surface area contributed by atoms with Gasteiger partial charge in [0, 0.05) is 26.2 Å². The van der Waals surface area contributed by atoms with Crippen molar-refractivity contribution in [2.24, 2.45) is 0 Å². The van der Waals surface area contributed by atoms with Crippen molar-refractivity contribution in [2.75, 3.05) is 27.8 Å². The molecular weight excluding hydrogens is 364 g/mol. The lowest BCUT2D eigenvalue weighted by Crippen LogP contribution is -2.27. The Morgan fingerprint density at radius 1 is 1.04 bits per heavy atom. The largest absolute Gasteiger partial charge is 0.493 e. The van der Waals surface area contributed by atoms with E-state index in [0.29, 0.717) is 11.5 Å². The molecule has 2 amide bonds. The number of rotatable bonds is 8. The van der Waals surface area contributed by atoms with Gasteiger partial charge in [0.25, 0.3) is 11.8 Å². The number of nitrogens with zero attached hydrogens (tertiary/aromatic N) is 1. The molecule has 2 N–H and O–H groups in total. The zero-order valence-electron chi connectivity index (χ0n) is 15.9. The first kappa shape index (κ1) is 20.8. The highest BCUT2D eigenvalue weighted by Gasteiger charge is 2.12. The molecule has 8 heteroatoms.